The summed E-state index contributed by atoms with van der Waals surface area (Å²) in [4.78, 5) is 51.8. The topological polar surface area (TPSA) is 134 Å². The van der Waals surface area contributed by atoms with Gasteiger partial charge in [0.15, 0.2) is 0 Å². The fourth-order valence-corrected chi connectivity index (χ4v) is 6.76. The number of nitrogens with two attached hydrogens (primary N) is 1. The number of terminal acetylenes is 2. The molecule has 56 heavy (non-hydrogen) atoms. The van der Waals surface area contributed by atoms with Gasteiger partial charge in [-0.3, -0.25) is 9.59 Å². The third kappa shape index (κ3) is 22.2. The summed E-state index contributed by atoms with van der Waals surface area (Å²) in [6.45, 7) is 16.2. The SMILES string of the molecule is C#CCN.C#CCN(C(=O)c1ccc(C)cc1Br)C(C(=O)NCCCC)C1CCCCC1.Cc1ccc(C(=O)O)cc1.O=CC1CCCCC1.[C-]#[N+]CCCC. The second-order valence-electron chi connectivity index (χ2n) is 14.0. The Morgan fingerprint density at radius 3 is 1.93 bits per heavy atom. The van der Waals surface area contributed by atoms with Gasteiger partial charge in [-0.15, -0.1) is 12.8 Å². The lowest BCUT2D eigenvalue weighted by Crippen LogP contribution is -2.54. The van der Waals surface area contributed by atoms with Crippen LogP contribution in [0.1, 0.15) is 136 Å². The predicted octanol–water partition coefficient (Wildman–Crippen LogP) is 9.44. The summed E-state index contributed by atoms with van der Waals surface area (Å²) in [5.41, 5.74) is 7.81. The number of carbonyl (C=O) groups excluding carboxylic acids is 3. The normalized spacial score (nSPS) is 13.8. The van der Waals surface area contributed by atoms with Crippen molar-refractivity contribution in [1.29, 1.82) is 0 Å². The standard InChI is InChI=1S/C23H31BrN2O2.C8H8O2.C7H12O.C5H9N.C3H5N/c1-4-6-14-25-22(27)21(18-10-8-7-9-11-18)26(15-5-2)23(28)19-13-12-17(3)16-20(19)24;1-6-2-4-7(5-3-6)8(9)10;8-6-7-4-2-1-3-5-7;1-3-4-5-6-2;1-2-3-4/h2,12-13,16,18,21H,4,6-11,14-15H2,1,3H3,(H,25,27);2-5H,1H3,(H,9,10);6-7H,1-5H2;3-5H2,1H3;1H,3-4H2. The van der Waals surface area contributed by atoms with E-state index in [1.807, 2.05) is 26.0 Å². The molecule has 4 rings (SSSR count). The highest BCUT2D eigenvalue weighted by atomic mass is 79.9. The Labute approximate surface area is 345 Å². The lowest BCUT2D eigenvalue weighted by atomic mass is 9.82. The summed E-state index contributed by atoms with van der Waals surface area (Å²) in [5, 5.41) is 11.5. The first-order chi connectivity index (χ1) is 26.9. The third-order valence-corrected chi connectivity index (χ3v) is 9.95. The van der Waals surface area contributed by atoms with Crippen molar-refractivity contribution in [2.45, 2.75) is 124 Å². The average molecular weight is 834 g/mol. The van der Waals surface area contributed by atoms with Gasteiger partial charge in [-0.25, -0.2) is 11.4 Å². The number of carboxylic acid groups (broad SMARTS) is 1. The van der Waals surface area contributed by atoms with Crippen LogP contribution < -0.4 is 11.1 Å². The molecule has 10 heteroatoms. The molecular weight excluding hydrogens is 768 g/mol. The zero-order valence-electron chi connectivity index (χ0n) is 34.2. The van der Waals surface area contributed by atoms with Crippen molar-refractivity contribution < 1.29 is 24.3 Å². The van der Waals surface area contributed by atoms with E-state index in [1.54, 1.807) is 35.2 Å². The van der Waals surface area contributed by atoms with Crippen LogP contribution >= 0.6 is 15.9 Å². The number of hydrogen-bond donors (Lipinski definition) is 3. The monoisotopic (exact) mass is 832 g/mol. The van der Waals surface area contributed by atoms with Crippen molar-refractivity contribution in [3.05, 3.63) is 80.6 Å². The smallest absolute Gasteiger partial charge is 0.335 e. The van der Waals surface area contributed by atoms with E-state index in [9.17, 15) is 19.2 Å². The lowest BCUT2D eigenvalue weighted by molar-refractivity contribution is -0.127. The van der Waals surface area contributed by atoms with Crippen LogP contribution in [0.15, 0.2) is 46.9 Å². The van der Waals surface area contributed by atoms with Crippen molar-refractivity contribution in [3.8, 4) is 24.7 Å². The number of aryl methyl sites for hydroxylation is 2. The second kappa shape index (κ2) is 32.8. The number of unbranched alkanes of at least 4 members (excludes halogenated alkanes) is 2. The van der Waals surface area contributed by atoms with Gasteiger partial charge < -0.3 is 30.7 Å². The fourth-order valence-electron chi connectivity index (χ4n) is 6.10. The number of rotatable bonds is 12. The quantitative estimate of drug-likeness (QED) is 0.0845. The number of hydrogen-bond acceptors (Lipinski definition) is 5. The first-order valence-electron chi connectivity index (χ1n) is 20.0. The van der Waals surface area contributed by atoms with E-state index in [4.69, 9.17) is 23.8 Å². The van der Waals surface area contributed by atoms with Crippen molar-refractivity contribution in [1.82, 2.24) is 10.2 Å². The molecule has 2 amide bonds. The highest BCUT2D eigenvalue weighted by Gasteiger charge is 2.37. The van der Waals surface area contributed by atoms with Crippen molar-refractivity contribution in [2.24, 2.45) is 17.6 Å². The number of halogens is 1. The van der Waals surface area contributed by atoms with Crippen molar-refractivity contribution in [3.63, 3.8) is 0 Å². The van der Waals surface area contributed by atoms with Gasteiger partial charge in [-0.1, -0.05) is 94.4 Å². The van der Waals surface area contributed by atoms with Crippen LogP contribution in [-0.4, -0.2) is 66.3 Å². The molecule has 306 valence electrons. The maximum absolute atomic E-state index is 13.4. The zero-order chi connectivity index (χ0) is 42.1. The van der Waals surface area contributed by atoms with Gasteiger partial charge in [0.05, 0.1) is 24.2 Å². The molecule has 0 aromatic heterocycles. The van der Waals surface area contributed by atoms with E-state index in [0.717, 1.165) is 86.1 Å². The van der Waals surface area contributed by atoms with Crippen LogP contribution in [0.5, 0.6) is 0 Å². The second-order valence-corrected chi connectivity index (χ2v) is 14.8. The summed E-state index contributed by atoms with van der Waals surface area (Å²) >= 11 is 3.50. The van der Waals surface area contributed by atoms with E-state index in [1.165, 1.54) is 25.7 Å². The van der Waals surface area contributed by atoms with Crippen LogP contribution in [0.3, 0.4) is 0 Å². The number of amides is 2. The van der Waals surface area contributed by atoms with Crippen LogP contribution in [0.2, 0.25) is 0 Å². The zero-order valence-corrected chi connectivity index (χ0v) is 35.7. The van der Waals surface area contributed by atoms with Gasteiger partial charge in [0.2, 0.25) is 12.5 Å². The molecule has 0 bridgehead atoms. The number of carboxylic acids is 1. The van der Waals surface area contributed by atoms with E-state index in [2.05, 4.69) is 58.2 Å². The van der Waals surface area contributed by atoms with Gasteiger partial charge in [0, 0.05) is 23.4 Å². The van der Waals surface area contributed by atoms with Crippen LogP contribution in [-0.2, 0) is 9.59 Å². The van der Waals surface area contributed by atoms with Crippen LogP contribution in [0.4, 0.5) is 0 Å². The van der Waals surface area contributed by atoms with E-state index in [-0.39, 0.29) is 24.3 Å². The summed E-state index contributed by atoms with van der Waals surface area (Å²) in [6.07, 6.45) is 26.9. The average Bonchev–Trinajstić information content (AvgIpc) is 3.21. The van der Waals surface area contributed by atoms with Crippen molar-refractivity contribution in [2.75, 3.05) is 26.2 Å². The first kappa shape index (κ1) is 51.6. The summed E-state index contributed by atoms with van der Waals surface area (Å²) in [6, 6.07) is 11.9. The summed E-state index contributed by atoms with van der Waals surface area (Å²) in [7, 11) is 0. The van der Waals surface area contributed by atoms with Gasteiger partial charge in [-0.2, -0.15) is 0 Å². The van der Waals surface area contributed by atoms with Crippen molar-refractivity contribution >= 4 is 40.0 Å². The van der Waals surface area contributed by atoms with Crippen LogP contribution in [0.25, 0.3) is 4.85 Å². The molecule has 2 fully saturated rings. The molecule has 2 saturated carbocycles. The van der Waals surface area contributed by atoms with E-state index >= 15 is 0 Å². The molecule has 2 aromatic carbocycles. The molecule has 0 radical (unpaired) electrons. The first-order valence-corrected chi connectivity index (χ1v) is 20.7. The molecule has 2 aliphatic rings. The van der Waals surface area contributed by atoms with Gasteiger partial charge in [-0.05, 0) is 104 Å². The predicted molar refractivity (Wildman–Crippen MR) is 232 cm³/mol. The maximum atomic E-state index is 13.4. The molecule has 4 N–H and O–H groups in total. The molecule has 9 nitrogen and oxygen atoms in total. The molecule has 0 spiro atoms. The molecule has 0 aliphatic heterocycles. The Hall–Kier alpha value is -4.43. The number of aromatic carboxylic acids is 1. The number of nitrogens with one attached hydrogen (secondary N) is 1. The lowest BCUT2D eigenvalue weighted by Gasteiger charge is -2.37. The Balaban J connectivity index is 0.000000868. The van der Waals surface area contributed by atoms with Crippen LogP contribution in [0, 0.1) is 56.9 Å². The Morgan fingerprint density at radius 2 is 1.50 bits per heavy atom. The largest absolute Gasteiger partial charge is 0.478 e. The highest BCUT2D eigenvalue weighted by molar-refractivity contribution is 9.10. The number of benzene rings is 2. The minimum absolute atomic E-state index is 0.0767. The number of nitrogens with zero attached hydrogens (tertiary/aromatic N) is 2. The Bertz CT molecular complexity index is 1550. The minimum atomic E-state index is -0.875. The van der Waals surface area contributed by atoms with Gasteiger partial charge in [0.1, 0.15) is 12.3 Å². The molecule has 2 aliphatic carbocycles. The molecule has 0 heterocycles. The fraction of sp³-hybridized carbons (Fsp3) is 0.543. The Morgan fingerprint density at radius 1 is 0.946 bits per heavy atom. The molecule has 0 saturated heterocycles. The van der Waals surface area contributed by atoms with Gasteiger partial charge >= 0.3 is 5.97 Å². The van der Waals surface area contributed by atoms with E-state index < -0.39 is 12.0 Å². The summed E-state index contributed by atoms with van der Waals surface area (Å²) in [5.74, 6) is 4.22. The molecule has 1 unspecified atom stereocenters. The molecular formula is C46H65BrN4O5. The molecule has 2 aromatic rings. The van der Waals surface area contributed by atoms with E-state index in [0.29, 0.717) is 36.7 Å². The van der Waals surface area contributed by atoms with Gasteiger partial charge in [0.25, 0.3) is 5.91 Å². The maximum Gasteiger partial charge on any atom is 0.335 e. The molecule has 1 atom stereocenters. The number of carbonyl (C=O) groups is 4. The number of aldehydes is 1. The minimum Gasteiger partial charge on any atom is -0.478 e. The Kier molecular flexibility index (Phi) is 30.2. The summed E-state index contributed by atoms with van der Waals surface area (Å²) < 4.78 is 0.730. The highest BCUT2D eigenvalue weighted by Crippen LogP contribution is 2.31. The third-order valence-electron chi connectivity index (χ3n) is 9.29.